The van der Waals surface area contributed by atoms with Crippen LogP contribution < -0.4 is 0 Å². The number of alkyl halides is 1. The molecule has 114 valence electrons. The van der Waals surface area contributed by atoms with Crippen molar-refractivity contribution in [1.29, 1.82) is 0 Å². The summed E-state index contributed by atoms with van der Waals surface area (Å²) in [7, 11) is -3.00. The minimum atomic E-state index is -3.00. The molecule has 0 aliphatic carbocycles. The van der Waals surface area contributed by atoms with E-state index in [2.05, 4.69) is 4.98 Å². The summed E-state index contributed by atoms with van der Waals surface area (Å²) in [5, 5.41) is 0.317. The van der Waals surface area contributed by atoms with Crippen LogP contribution in [0.25, 0.3) is 11.0 Å². The second-order valence-corrected chi connectivity index (χ2v) is 8.82. The van der Waals surface area contributed by atoms with Gasteiger partial charge in [0.2, 0.25) is 0 Å². The molecule has 0 amide bonds. The first-order chi connectivity index (χ1) is 9.87. The summed E-state index contributed by atoms with van der Waals surface area (Å²) in [5.41, 5.74) is 1.65. The normalized spacial score (nSPS) is 23.3. The Morgan fingerprint density at radius 2 is 2.19 bits per heavy atom. The molecule has 0 saturated carbocycles. The first-order valence-corrected chi connectivity index (χ1v) is 9.53. The lowest BCUT2D eigenvalue weighted by Gasteiger charge is -2.26. The highest BCUT2D eigenvalue weighted by Crippen LogP contribution is 2.33. The molecule has 1 aliphatic heterocycles. The van der Waals surface area contributed by atoms with Crippen molar-refractivity contribution < 1.29 is 8.42 Å². The summed E-state index contributed by atoms with van der Waals surface area (Å²) in [5.74, 6) is 1.11. The van der Waals surface area contributed by atoms with Gasteiger partial charge in [0.1, 0.15) is 5.82 Å². The third kappa shape index (κ3) is 2.91. The predicted molar refractivity (Wildman–Crippen MR) is 85.9 cm³/mol. The Bertz CT molecular complexity index is 784. The van der Waals surface area contributed by atoms with Gasteiger partial charge in [-0.05, 0) is 38.0 Å². The van der Waals surface area contributed by atoms with E-state index in [1.54, 1.807) is 6.07 Å². The molecule has 0 spiro atoms. The summed E-state index contributed by atoms with van der Waals surface area (Å²) >= 11 is 12.3. The van der Waals surface area contributed by atoms with Crippen LogP contribution >= 0.6 is 23.2 Å². The molecular weight excluding hydrogens is 331 g/mol. The van der Waals surface area contributed by atoms with Crippen LogP contribution in [0.1, 0.15) is 37.0 Å². The van der Waals surface area contributed by atoms with Crippen LogP contribution in [0.15, 0.2) is 18.2 Å². The lowest BCUT2D eigenvalue weighted by atomic mass is 10.1. The van der Waals surface area contributed by atoms with Crippen molar-refractivity contribution in [1.82, 2.24) is 9.55 Å². The van der Waals surface area contributed by atoms with Gasteiger partial charge in [-0.2, -0.15) is 0 Å². The van der Waals surface area contributed by atoms with Gasteiger partial charge in [0, 0.05) is 11.1 Å². The van der Waals surface area contributed by atoms with Gasteiger partial charge in [-0.15, -0.1) is 11.6 Å². The number of aromatic nitrogens is 2. The SMILES string of the molecule is CC(Cl)c1nc2ccc(Cl)cc2n1C1CCCS(=O)(=O)C1. The number of benzene rings is 1. The highest BCUT2D eigenvalue weighted by molar-refractivity contribution is 7.91. The largest absolute Gasteiger partial charge is 0.323 e. The zero-order valence-corrected chi connectivity index (χ0v) is 13.9. The Hall–Kier alpha value is -0.780. The third-order valence-electron chi connectivity index (χ3n) is 3.84. The maximum absolute atomic E-state index is 11.9. The molecule has 0 N–H and O–H groups in total. The molecular formula is C14H16Cl2N2O2S. The molecule has 1 aromatic carbocycles. The van der Waals surface area contributed by atoms with E-state index in [1.165, 1.54) is 0 Å². The van der Waals surface area contributed by atoms with Crippen molar-refractivity contribution in [2.45, 2.75) is 31.2 Å². The van der Waals surface area contributed by atoms with E-state index < -0.39 is 9.84 Å². The molecule has 4 nitrogen and oxygen atoms in total. The van der Waals surface area contributed by atoms with Crippen molar-refractivity contribution in [3.05, 3.63) is 29.0 Å². The molecule has 21 heavy (non-hydrogen) atoms. The van der Waals surface area contributed by atoms with Crippen molar-refractivity contribution in [3.8, 4) is 0 Å². The molecule has 1 saturated heterocycles. The highest BCUT2D eigenvalue weighted by atomic mass is 35.5. The van der Waals surface area contributed by atoms with Gasteiger partial charge in [0.25, 0.3) is 0 Å². The Morgan fingerprint density at radius 1 is 1.43 bits per heavy atom. The van der Waals surface area contributed by atoms with Crippen molar-refractivity contribution in [2.24, 2.45) is 0 Å². The molecule has 2 unspecified atom stereocenters. The van der Waals surface area contributed by atoms with Crippen LogP contribution in [0.4, 0.5) is 0 Å². The minimum Gasteiger partial charge on any atom is -0.323 e. The molecule has 2 heterocycles. The Kier molecular flexibility index (Phi) is 3.93. The van der Waals surface area contributed by atoms with E-state index in [-0.39, 0.29) is 22.9 Å². The fourth-order valence-electron chi connectivity index (χ4n) is 2.95. The Labute approximate surface area is 134 Å². The second-order valence-electron chi connectivity index (χ2n) is 5.50. The fraction of sp³-hybridized carbons (Fsp3) is 0.500. The van der Waals surface area contributed by atoms with Crippen molar-refractivity contribution in [2.75, 3.05) is 11.5 Å². The monoisotopic (exact) mass is 346 g/mol. The van der Waals surface area contributed by atoms with E-state index in [1.807, 2.05) is 23.6 Å². The average Bonchev–Trinajstić information content (AvgIpc) is 2.76. The highest BCUT2D eigenvalue weighted by Gasteiger charge is 2.29. The Morgan fingerprint density at radius 3 is 2.86 bits per heavy atom. The molecule has 1 aromatic heterocycles. The fourth-order valence-corrected chi connectivity index (χ4v) is 4.95. The lowest BCUT2D eigenvalue weighted by Crippen LogP contribution is -2.28. The minimum absolute atomic E-state index is 0.122. The molecule has 1 fully saturated rings. The molecule has 7 heteroatoms. The zero-order chi connectivity index (χ0) is 15.2. The first kappa shape index (κ1) is 15.1. The van der Waals surface area contributed by atoms with Crippen LogP contribution in [0, 0.1) is 0 Å². The quantitative estimate of drug-likeness (QED) is 0.778. The molecule has 1 aliphatic rings. The number of halogens is 2. The summed E-state index contributed by atoms with van der Waals surface area (Å²) in [6.07, 6.45) is 1.48. The number of imidazole rings is 1. The summed E-state index contributed by atoms with van der Waals surface area (Å²) in [6, 6.07) is 5.33. The van der Waals surface area contributed by atoms with E-state index in [4.69, 9.17) is 23.2 Å². The second kappa shape index (κ2) is 5.45. The predicted octanol–water partition coefficient (Wildman–Crippen LogP) is 3.74. The zero-order valence-electron chi connectivity index (χ0n) is 11.6. The van der Waals surface area contributed by atoms with Crippen LogP contribution in [0.5, 0.6) is 0 Å². The van der Waals surface area contributed by atoms with Gasteiger partial charge in [0.15, 0.2) is 9.84 Å². The lowest BCUT2D eigenvalue weighted by molar-refractivity contribution is 0.466. The Balaban J connectivity index is 2.19. The van der Waals surface area contributed by atoms with E-state index >= 15 is 0 Å². The maximum atomic E-state index is 11.9. The van der Waals surface area contributed by atoms with Gasteiger partial charge in [-0.1, -0.05) is 11.6 Å². The molecule has 2 atom stereocenters. The number of rotatable bonds is 2. The molecule has 0 radical (unpaired) electrons. The smallest absolute Gasteiger partial charge is 0.152 e. The van der Waals surface area contributed by atoms with Gasteiger partial charge >= 0.3 is 0 Å². The maximum Gasteiger partial charge on any atom is 0.152 e. The van der Waals surface area contributed by atoms with Gasteiger partial charge in [-0.25, -0.2) is 13.4 Å². The van der Waals surface area contributed by atoms with Crippen LogP contribution in [-0.2, 0) is 9.84 Å². The van der Waals surface area contributed by atoms with E-state index in [0.717, 1.165) is 17.5 Å². The number of nitrogens with zero attached hydrogens (tertiary/aromatic N) is 2. The number of hydrogen-bond acceptors (Lipinski definition) is 3. The van der Waals surface area contributed by atoms with Gasteiger partial charge in [0.05, 0.1) is 27.9 Å². The summed E-state index contributed by atoms with van der Waals surface area (Å²) in [6.45, 7) is 1.85. The average molecular weight is 347 g/mol. The molecule has 2 aromatic rings. The van der Waals surface area contributed by atoms with Gasteiger partial charge < -0.3 is 4.57 Å². The summed E-state index contributed by atoms with van der Waals surface area (Å²) in [4.78, 5) is 4.55. The van der Waals surface area contributed by atoms with Crippen LogP contribution in [0.3, 0.4) is 0 Å². The van der Waals surface area contributed by atoms with Crippen molar-refractivity contribution >= 4 is 44.1 Å². The number of sulfone groups is 1. The molecule has 0 bridgehead atoms. The van der Waals surface area contributed by atoms with Crippen LogP contribution in [-0.4, -0.2) is 29.5 Å². The number of fused-ring (bicyclic) bond motifs is 1. The first-order valence-electron chi connectivity index (χ1n) is 6.89. The third-order valence-corrected chi connectivity index (χ3v) is 6.07. The van der Waals surface area contributed by atoms with Crippen LogP contribution in [0.2, 0.25) is 5.02 Å². The van der Waals surface area contributed by atoms with Gasteiger partial charge in [-0.3, -0.25) is 0 Å². The van der Waals surface area contributed by atoms with E-state index in [0.29, 0.717) is 17.3 Å². The topological polar surface area (TPSA) is 52.0 Å². The molecule has 3 rings (SSSR count). The van der Waals surface area contributed by atoms with Crippen molar-refractivity contribution in [3.63, 3.8) is 0 Å². The number of hydrogen-bond donors (Lipinski definition) is 0. The standard InChI is InChI=1S/C14H16Cl2N2O2S/c1-9(15)14-17-12-5-4-10(16)7-13(12)18(14)11-3-2-6-21(19,20)8-11/h4-5,7,9,11H,2-3,6,8H2,1H3. The van der Waals surface area contributed by atoms with E-state index in [9.17, 15) is 8.42 Å². The summed E-state index contributed by atoms with van der Waals surface area (Å²) < 4.78 is 25.9.